The van der Waals surface area contributed by atoms with E-state index in [1.807, 2.05) is 11.8 Å². The average Bonchev–Trinajstić information content (AvgIpc) is 2.82. The van der Waals surface area contributed by atoms with Gasteiger partial charge in [-0.1, -0.05) is 47.6 Å². The lowest BCUT2D eigenvalue weighted by atomic mass is 10.2. The molecule has 0 fully saturated rings. The standard InChI is InChI=1S/C18H29NSSi/c1-13(2)21(14(3)4,15(5)6)19-12-11-16-17(19)9-8-10-18(16)20-7/h8-15H,1-7H3. The lowest BCUT2D eigenvalue weighted by molar-refractivity contribution is 0.773. The van der Waals surface area contributed by atoms with Gasteiger partial charge in [0.25, 0.3) is 0 Å². The van der Waals surface area contributed by atoms with Crippen LogP contribution in [0, 0.1) is 0 Å². The monoisotopic (exact) mass is 319 g/mol. The van der Waals surface area contributed by atoms with Gasteiger partial charge < -0.3 is 4.23 Å². The Balaban J connectivity index is 2.78. The fourth-order valence-corrected chi connectivity index (χ4v) is 11.7. The largest absolute Gasteiger partial charge is 0.373 e. The highest BCUT2D eigenvalue weighted by molar-refractivity contribution is 7.98. The van der Waals surface area contributed by atoms with Crippen molar-refractivity contribution in [3.8, 4) is 0 Å². The second-order valence-corrected chi connectivity index (χ2v) is 13.5. The van der Waals surface area contributed by atoms with Crippen molar-refractivity contribution in [1.29, 1.82) is 0 Å². The molecule has 0 aliphatic rings. The maximum atomic E-state index is 2.70. The van der Waals surface area contributed by atoms with E-state index in [-0.39, 0.29) is 0 Å². The normalized spacial score (nSPS) is 13.0. The first kappa shape index (κ1) is 16.7. The molecule has 21 heavy (non-hydrogen) atoms. The number of nitrogens with zero attached hydrogens (tertiary/aromatic N) is 1. The Morgan fingerprint density at radius 1 is 0.905 bits per heavy atom. The van der Waals surface area contributed by atoms with Crippen LogP contribution in [0.2, 0.25) is 16.6 Å². The lowest BCUT2D eigenvalue weighted by Gasteiger charge is -2.44. The minimum Gasteiger partial charge on any atom is -0.373 e. The third kappa shape index (κ3) is 2.48. The summed E-state index contributed by atoms with van der Waals surface area (Å²) in [6.07, 6.45) is 4.54. The number of benzene rings is 1. The Labute approximate surface area is 135 Å². The molecule has 0 saturated heterocycles. The summed E-state index contributed by atoms with van der Waals surface area (Å²) in [6, 6.07) is 9.09. The molecule has 0 radical (unpaired) electrons. The quantitative estimate of drug-likeness (QED) is 0.457. The first-order valence-electron chi connectivity index (χ1n) is 8.01. The molecule has 3 heteroatoms. The van der Waals surface area contributed by atoms with Crippen LogP contribution in [0.15, 0.2) is 35.4 Å². The average molecular weight is 320 g/mol. The Morgan fingerprint density at radius 2 is 1.48 bits per heavy atom. The summed E-state index contributed by atoms with van der Waals surface area (Å²) in [6.45, 7) is 14.6. The summed E-state index contributed by atoms with van der Waals surface area (Å²) >= 11 is 1.85. The molecule has 0 saturated carbocycles. The van der Waals surface area contributed by atoms with Crippen LogP contribution in [0.3, 0.4) is 0 Å². The highest BCUT2D eigenvalue weighted by Crippen LogP contribution is 2.44. The Hall–Kier alpha value is -0.673. The number of rotatable bonds is 5. The van der Waals surface area contributed by atoms with E-state index in [2.05, 4.69) is 82.5 Å². The van der Waals surface area contributed by atoms with Crippen molar-refractivity contribution in [2.45, 2.75) is 63.1 Å². The molecule has 0 atom stereocenters. The summed E-state index contributed by atoms with van der Waals surface area (Å²) < 4.78 is 2.70. The summed E-state index contributed by atoms with van der Waals surface area (Å²) in [5.74, 6) is 0. The first-order valence-corrected chi connectivity index (χ1v) is 11.4. The predicted molar refractivity (Wildman–Crippen MR) is 100 cm³/mol. The zero-order valence-electron chi connectivity index (χ0n) is 14.5. The summed E-state index contributed by atoms with van der Waals surface area (Å²) in [7, 11) is -1.64. The highest BCUT2D eigenvalue weighted by Gasteiger charge is 2.45. The molecule has 0 bridgehead atoms. The maximum absolute atomic E-state index is 2.70. The van der Waals surface area contributed by atoms with Crippen molar-refractivity contribution in [1.82, 2.24) is 4.23 Å². The van der Waals surface area contributed by atoms with E-state index in [1.165, 1.54) is 15.8 Å². The van der Waals surface area contributed by atoms with E-state index >= 15 is 0 Å². The highest BCUT2D eigenvalue weighted by atomic mass is 32.2. The van der Waals surface area contributed by atoms with Gasteiger partial charge in [-0.15, -0.1) is 11.8 Å². The molecule has 1 aromatic carbocycles. The van der Waals surface area contributed by atoms with E-state index in [9.17, 15) is 0 Å². The van der Waals surface area contributed by atoms with E-state index in [1.54, 1.807) is 0 Å². The van der Waals surface area contributed by atoms with Gasteiger partial charge in [0.2, 0.25) is 0 Å². The predicted octanol–water partition coefficient (Wildman–Crippen LogP) is 6.39. The van der Waals surface area contributed by atoms with Crippen LogP contribution in [-0.4, -0.2) is 18.7 Å². The van der Waals surface area contributed by atoms with Crippen LogP contribution in [0.4, 0.5) is 0 Å². The van der Waals surface area contributed by atoms with E-state index in [4.69, 9.17) is 0 Å². The molecule has 1 nitrogen and oxygen atoms in total. The van der Waals surface area contributed by atoms with Crippen molar-refractivity contribution in [2.24, 2.45) is 0 Å². The Bertz CT molecular complexity index is 591. The molecule has 0 aliphatic heterocycles. The topological polar surface area (TPSA) is 4.93 Å². The van der Waals surface area contributed by atoms with Gasteiger partial charge in [-0.05, 0) is 47.3 Å². The third-order valence-corrected chi connectivity index (χ3v) is 12.7. The van der Waals surface area contributed by atoms with Gasteiger partial charge >= 0.3 is 0 Å². The molecule has 2 rings (SSSR count). The van der Waals surface area contributed by atoms with Crippen molar-refractivity contribution in [2.75, 3.05) is 6.26 Å². The second-order valence-electron chi connectivity index (χ2n) is 6.93. The van der Waals surface area contributed by atoms with Crippen LogP contribution >= 0.6 is 11.8 Å². The molecule has 0 amide bonds. The molecular formula is C18H29NSSi. The maximum Gasteiger partial charge on any atom is 0.169 e. The van der Waals surface area contributed by atoms with Crippen LogP contribution in [0.25, 0.3) is 10.9 Å². The molecule has 0 unspecified atom stereocenters. The van der Waals surface area contributed by atoms with E-state index in [0.717, 1.165) is 16.6 Å². The molecule has 1 aromatic heterocycles. The van der Waals surface area contributed by atoms with Crippen LogP contribution in [0.5, 0.6) is 0 Å². The number of aromatic nitrogens is 1. The van der Waals surface area contributed by atoms with Crippen LogP contribution in [-0.2, 0) is 0 Å². The Morgan fingerprint density at radius 3 is 1.95 bits per heavy atom. The van der Waals surface area contributed by atoms with Crippen LogP contribution < -0.4 is 0 Å². The Kier molecular flexibility index (Phi) is 4.94. The molecule has 116 valence electrons. The van der Waals surface area contributed by atoms with Gasteiger partial charge in [0, 0.05) is 15.8 Å². The van der Waals surface area contributed by atoms with Gasteiger partial charge in [-0.2, -0.15) is 0 Å². The van der Waals surface area contributed by atoms with Gasteiger partial charge in [0.05, 0.1) is 0 Å². The molecule has 0 aliphatic carbocycles. The van der Waals surface area contributed by atoms with Gasteiger partial charge in [0.15, 0.2) is 8.24 Å². The van der Waals surface area contributed by atoms with Crippen molar-refractivity contribution >= 4 is 30.9 Å². The van der Waals surface area contributed by atoms with Crippen molar-refractivity contribution < 1.29 is 0 Å². The fourth-order valence-electron chi connectivity index (χ4n) is 4.49. The molecule has 1 heterocycles. The van der Waals surface area contributed by atoms with Gasteiger partial charge in [-0.3, -0.25) is 0 Å². The minimum atomic E-state index is -1.64. The van der Waals surface area contributed by atoms with Crippen LogP contribution in [0.1, 0.15) is 41.5 Å². The fraction of sp³-hybridized carbons (Fsp3) is 0.556. The molecule has 0 spiro atoms. The van der Waals surface area contributed by atoms with Crippen molar-refractivity contribution in [3.63, 3.8) is 0 Å². The summed E-state index contributed by atoms with van der Waals surface area (Å²) in [5.41, 5.74) is 3.62. The van der Waals surface area contributed by atoms with Gasteiger partial charge in [-0.25, -0.2) is 0 Å². The number of hydrogen-bond acceptors (Lipinski definition) is 1. The number of hydrogen-bond donors (Lipinski definition) is 0. The van der Waals surface area contributed by atoms with Gasteiger partial charge in [0.1, 0.15) is 0 Å². The summed E-state index contributed by atoms with van der Waals surface area (Å²) in [4.78, 5) is 1.39. The molecule has 0 N–H and O–H groups in total. The smallest absolute Gasteiger partial charge is 0.169 e. The zero-order valence-corrected chi connectivity index (χ0v) is 16.3. The molecular weight excluding hydrogens is 290 g/mol. The van der Waals surface area contributed by atoms with E-state index in [0.29, 0.717) is 0 Å². The zero-order chi connectivity index (χ0) is 15.8. The first-order chi connectivity index (χ1) is 9.87. The number of thioether (sulfide) groups is 1. The van der Waals surface area contributed by atoms with E-state index < -0.39 is 8.24 Å². The summed E-state index contributed by atoms with van der Waals surface area (Å²) in [5, 5.41) is 1.42. The molecule has 2 aromatic rings. The number of fused-ring (bicyclic) bond motifs is 1. The van der Waals surface area contributed by atoms with Crippen molar-refractivity contribution in [3.05, 3.63) is 30.5 Å². The third-order valence-electron chi connectivity index (χ3n) is 5.10. The lowest BCUT2D eigenvalue weighted by Crippen LogP contribution is -2.51. The SMILES string of the molecule is CSc1cccc2c1ccn2[Si](C(C)C)(C(C)C)C(C)C. The minimum absolute atomic E-state index is 0.728. The second kappa shape index (κ2) is 6.21.